The lowest BCUT2D eigenvalue weighted by Gasteiger charge is -2.17. The number of hydrogen-bond acceptors (Lipinski definition) is 5. The molecule has 1 aromatic heterocycles. The number of methoxy groups -OCH3 is 1. The van der Waals surface area contributed by atoms with E-state index in [0.717, 1.165) is 27.9 Å². The summed E-state index contributed by atoms with van der Waals surface area (Å²) < 4.78 is 18.1. The number of halogens is 1. The molecule has 2 aromatic carbocycles. The summed E-state index contributed by atoms with van der Waals surface area (Å²) >= 11 is 0. The number of hydrogen-bond donors (Lipinski definition) is 1. The van der Waals surface area contributed by atoms with Crippen LogP contribution in [-0.2, 0) is 14.3 Å². The van der Waals surface area contributed by atoms with E-state index in [1.165, 1.54) is 25.3 Å². The molecule has 1 N–H and O–H groups in total. The summed E-state index contributed by atoms with van der Waals surface area (Å²) in [5.41, 5.74) is 4.90. The third kappa shape index (κ3) is 6.45. The highest BCUT2D eigenvalue weighted by Gasteiger charge is 2.17. The number of pyridine rings is 1. The Labute approximate surface area is 198 Å². The summed E-state index contributed by atoms with van der Waals surface area (Å²) in [5, 5.41) is 10.4. The van der Waals surface area contributed by atoms with Gasteiger partial charge in [-0.25, -0.2) is 9.37 Å². The predicted octanol–water partition coefficient (Wildman–Crippen LogP) is 5.57. The van der Waals surface area contributed by atoms with Gasteiger partial charge in [0, 0.05) is 23.1 Å². The minimum Gasteiger partial charge on any atom is -0.469 e. The number of benzene rings is 2. The number of Topliss-reactive ketones (excluding diaryl/α,β-unsaturated/α-hetero) is 1. The highest BCUT2D eigenvalue weighted by molar-refractivity contribution is 5.95. The second-order valence-electron chi connectivity index (χ2n) is 8.31. The molecule has 3 aromatic rings. The number of carbonyl (C=O) groups is 2. The Morgan fingerprint density at radius 2 is 1.74 bits per heavy atom. The summed E-state index contributed by atoms with van der Waals surface area (Å²) in [5.74, 6) is -1.27. The first-order chi connectivity index (χ1) is 16.3. The van der Waals surface area contributed by atoms with Crippen LogP contribution in [0, 0.1) is 5.82 Å². The van der Waals surface area contributed by atoms with Crippen molar-refractivity contribution in [1.29, 1.82) is 0 Å². The molecule has 0 aliphatic heterocycles. The lowest BCUT2D eigenvalue weighted by atomic mass is 9.91. The lowest BCUT2D eigenvalue weighted by molar-refractivity contribution is -0.143. The van der Waals surface area contributed by atoms with E-state index in [2.05, 4.69) is 18.6 Å². The first-order valence-corrected chi connectivity index (χ1v) is 11.1. The smallest absolute Gasteiger partial charge is 0.313 e. The predicted molar refractivity (Wildman–Crippen MR) is 130 cm³/mol. The van der Waals surface area contributed by atoms with Gasteiger partial charge in [0.05, 0.1) is 24.6 Å². The molecule has 5 nitrogen and oxygen atoms in total. The minimum absolute atomic E-state index is 0.127. The van der Waals surface area contributed by atoms with Crippen molar-refractivity contribution in [2.75, 3.05) is 7.11 Å². The van der Waals surface area contributed by atoms with E-state index in [1.54, 1.807) is 18.2 Å². The molecule has 0 aliphatic carbocycles. The van der Waals surface area contributed by atoms with Crippen LogP contribution in [-0.4, -0.2) is 35.1 Å². The summed E-state index contributed by atoms with van der Waals surface area (Å²) in [6, 6.07) is 17.9. The van der Waals surface area contributed by atoms with Crippen molar-refractivity contribution in [3.05, 3.63) is 83.7 Å². The van der Waals surface area contributed by atoms with E-state index in [-0.39, 0.29) is 24.6 Å². The Balaban J connectivity index is 2.05. The number of nitrogens with zero attached hydrogens (tertiary/aromatic N) is 1. The van der Waals surface area contributed by atoms with Gasteiger partial charge in [-0.3, -0.25) is 9.59 Å². The standard InChI is InChI=1S/C28H28FNO4/c1-18(2)25-17-26(19-7-5-4-6-8-19)30-28(20-9-11-21(29)12-10-20)24(25)14-13-22(31)15-23(32)16-27(33)34-3/h4-14,17-18,22,31H,15-16H2,1-3H3/b14-13+. The zero-order chi connectivity index (χ0) is 24.7. The van der Waals surface area contributed by atoms with Gasteiger partial charge in [0.1, 0.15) is 18.0 Å². The van der Waals surface area contributed by atoms with Gasteiger partial charge in [-0.05, 0) is 41.8 Å². The Kier molecular flexibility index (Phi) is 8.44. The summed E-state index contributed by atoms with van der Waals surface area (Å²) in [6.45, 7) is 4.12. The maximum atomic E-state index is 13.6. The molecule has 3 rings (SSSR count). The SMILES string of the molecule is COC(=O)CC(=O)CC(O)/C=C/c1c(C(C)C)cc(-c2ccccc2)nc1-c1ccc(F)cc1. The van der Waals surface area contributed by atoms with Crippen LogP contribution in [0.3, 0.4) is 0 Å². The van der Waals surface area contributed by atoms with Gasteiger partial charge in [-0.15, -0.1) is 0 Å². The molecule has 1 heterocycles. The molecule has 0 saturated carbocycles. The van der Waals surface area contributed by atoms with Crippen LogP contribution < -0.4 is 0 Å². The molecule has 0 radical (unpaired) electrons. The van der Waals surface area contributed by atoms with E-state index in [1.807, 2.05) is 36.4 Å². The van der Waals surface area contributed by atoms with Crippen LogP contribution in [0.1, 0.15) is 43.7 Å². The molecule has 0 fully saturated rings. The number of ketones is 1. The second kappa shape index (κ2) is 11.5. The molecule has 0 aliphatic rings. The average molecular weight is 462 g/mol. The molecule has 34 heavy (non-hydrogen) atoms. The van der Waals surface area contributed by atoms with Crippen molar-refractivity contribution in [1.82, 2.24) is 4.98 Å². The highest BCUT2D eigenvalue weighted by atomic mass is 19.1. The third-order valence-electron chi connectivity index (χ3n) is 5.39. The Morgan fingerprint density at radius 3 is 2.35 bits per heavy atom. The number of carbonyl (C=O) groups excluding carboxylic acids is 2. The molecule has 1 atom stereocenters. The minimum atomic E-state index is -1.08. The average Bonchev–Trinajstić information content (AvgIpc) is 2.83. The number of ether oxygens (including phenoxy) is 1. The van der Waals surface area contributed by atoms with Gasteiger partial charge in [-0.2, -0.15) is 0 Å². The van der Waals surface area contributed by atoms with Crippen LogP contribution in [0.2, 0.25) is 0 Å². The third-order valence-corrected chi connectivity index (χ3v) is 5.39. The first-order valence-electron chi connectivity index (χ1n) is 11.1. The topological polar surface area (TPSA) is 76.5 Å². The number of aromatic nitrogens is 1. The van der Waals surface area contributed by atoms with E-state index in [9.17, 15) is 19.1 Å². The monoisotopic (exact) mass is 461 g/mol. The van der Waals surface area contributed by atoms with E-state index in [0.29, 0.717) is 5.69 Å². The molecule has 0 spiro atoms. The van der Waals surface area contributed by atoms with E-state index < -0.39 is 17.9 Å². The van der Waals surface area contributed by atoms with Crippen LogP contribution in [0.15, 0.2) is 66.7 Å². The fourth-order valence-electron chi connectivity index (χ4n) is 3.63. The number of rotatable bonds is 9. The summed E-state index contributed by atoms with van der Waals surface area (Å²) in [4.78, 5) is 28.2. The van der Waals surface area contributed by atoms with Gasteiger partial charge >= 0.3 is 5.97 Å². The largest absolute Gasteiger partial charge is 0.469 e. The highest BCUT2D eigenvalue weighted by Crippen LogP contribution is 2.34. The quantitative estimate of drug-likeness (QED) is 0.333. The van der Waals surface area contributed by atoms with E-state index in [4.69, 9.17) is 4.98 Å². The van der Waals surface area contributed by atoms with Crippen molar-refractivity contribution in [2.45, 2.75) is 38.7 Å². The maximum Gasteiger partial charge on any atom is 0.313 e. The molecule has 0 amide bonds. The van der Waals surface area contributed by atoms with Crippen molar-refractivity contribution in [3.8, 4) is 22.5 Å². The zero-order valence-corrected chi connectivity index (χ0v) is 19.5. The van der Waals surface area contributed by atoms with Crippen LogP contribution >= 0.6 is 0 Å². The number of esters is 1. The van der Waals surface area contributed by atoms with Crippen molar-refractivity contribution in [2.24, 2.45) is 0 Å². The normalized spacial score (nSPS) is 12.2. The Hall–Kier alpha value is -3.64. The molecule has 0 saturated heterocycles. The lowest BCUT2D eigenvalue weighted by Crippen LogP contribution is -2.15. The Bertz CT molecular complexity index is 1170. The van der Waals surface area contributed by atoms with Gasteiger partial charge < -0.3 is 9.84 Å². The maximum absolute atomic E-state index is 13.6. The molecule has 1 unspecified atom stereocenters. The summed E-state index contributed by atoms with van der Waals surface area (Å²) in [6.07, 6.45) is 1.60. The summed E-state index contributed by atoms with van der Waals surface area (Å²) in [7, 11) is 1.21. The molecular formula is C28H28FNO4. The van der Waals surface area contributed by atoms with Crippen LogP contribution in [0.4, 0.5) is 4.39 Å². The van der Waals surface area contributed by atoms with Crippen LogP contribution in [0.5, 0.6) is 0 Å². The molecule has 6 heteroatoms. The number of aliphatic hydroxyl groups excluding tert-OH is 1. The first kappa shape index (κ1) is 25.0. The van der Waals surface area contributed by atoms with Gasteiger partial charge in [0.25, 0.3) is 0 Å². The Morgan fingerprint density at radius 1 is 1.06 bits per heavy atom. The second-order valence-corrected chi connectivity index (χ2v) is 8.31. The molecule has 176 valence electrons. The van der Waals surface area contributed by atoms with Crippen molar-refractivity contribution < 1.29 is 23.8 Å². The van der Waals surface area contributed by atoms with Gasteiger partial charge in [0.15, 0.2) is 0 Å². The molecular weight excluding hydrogens is 433 g/mol. The molecule has 0 bridgehead atoms. The van der Waals surface area contributed by atoms with Crippen molar-refractivity contribution >= 4 is 17.8 Å². The van der Waals surface area contributed by atoms with E-state index >= 15 is 0 Å². The zero-order valence-electron chi connectivity index (χ0n) is 19.5. The van der Waals surface area contributed by atoms with Crippen LogP contribution in [0.25, 0.3) is 28.6 Å². The van der Waals surface area contributed by atoms with Crippen molar-refractivity contribution in [3.63, 3.8) is 0 Å². The number of aliphatic hydroxyl groups is 1. The fourth-order valence-corrected chi connectivity index (χ4v) is 3.63. The van der Waals surface area contributed by atoms with Gasteiger partial charge in [-0.1, -0.05) is 56.3 Å². The van der Waals surface area contributed by atoms with Gasteiger partial charge in [0.2, 0.25) is 0 Å². The fraction of sp³-hybridized carbons (Fsp3) is 0.250.